The zero-order valence-corrected chi connectivity index (χ0v) is 19.8. The Bertz CT molecular complexity index is 1910. The van der Waals surface area contributed by atoms with E-state index in [9.17, 15) is 9.59 Å². The quantitative estimate of drug-likeness (QED) is 0.252. The van der Waals surface area contributed by atoms with E-state index in [0.717, 1.165) is 4.68 Å². The fourth-order valence-corrected chi connectivity index (χ4v) is 4.16. The number of methoxy groups -OCH3 is 1. The molecule has 1 N–H and O–H groups in total. The van der Waals surface area contributed by atoms with Crippen LogP contribution in [0.1, 0.15) is 49.9 Å². The van der Waals surface area contributed by atoms with Crippen LogP contribution in [-0.4, -0.2) is 66.5 Å². The minimum absolute atomic E-state index is 0.0233. The summed E-state index contributed by atoms with van der Waals surface area (Å²) in [6.45, 7) is 6.74. The number of ketones is 1. The molecule has 37 heavy (non-hydrogen) atoms. The van der Waals surface area contributed by atoms with Crippen molar-refractivity contribution >= 4 is 28.3 Å². The molecule has 4 aromatic rings. The topological polar surface area (TPSA) is 123 Å². The largest absolute Gasteiger partial charge is 0.494 e. The molecule has 1 amide bonds. The molecule has 11 heteroatoms. The molecule has 0 aliphatic carbocycles. The van der Waals surface area contributed by atoms with Crippen molar-refractivity contribution in [1.29, 1.82) is 0 Å². The van der Waals surface area contributed by atoms with E-state index in [1.165, 1.54) is 31.3 Å². The molecule has 0 saturated carbocycles. The number of carbonyl (C=O) groups excluding carboxylic acids is 2. The molecule has 1 aliphatic rings. The van der Waals surface area contributed by atoms with Crippen molar-refractivity contribution in [2.75, 3.05) is 20.2 Å². The minimum Gasteiger partial charge on any atom is -0.494 e. The predicted octanol–water partition coefficient (Wildman–Crippen LogP) is 3.30. The number of likely N-dealkylation sites (tertiary alicyclic amines) is 1. The van der Waals surface area contributed by atoms with E-state index in [2.05, 4.69) is 29.9 Å². The third-order valence-electron chi connectivity index (χ3n) is 5.99. The van der Waals surface area contributed by atoms with Gasteiger partial charge in [0.05, 0.1) is 46.2 Å². The van der Waals surface area contributed by atoms with Crippen molar-refractivity contribution < 1.29 is 23.9 Å². The van der Waals surface area contributed by atoms with Crippen LogP contribution < -0.4 is 4.74 Å². The first-order chi connectivity index (χ1) is 20.8. The number of piperidine rings is 1. The summed E-state index contributed by atoms with van der Waals surface area (Å²) in [5.41, 5.74) is 1.01. The van der Waals surface area contributed by atoms with Crippen molar-refractivity contribution in [2.24, 2.45) is 0 Å². The molecule has 0 radical (unpaired) electrons. The monoisotopic (exact) mass is 503 g/mol. The van der Waals surface area contributed by atoms with Crippen molar-refractivity contribution in [2.45, 2.75) is 26.6 Å². The Balaban J connectivity index is 1.44. The van der Waals surface area contributed by atoms with Crippen LogP contribution in [0.2, 0.25) is 0 Å². The van der Waals surface area contributed by atoms with Gasteiger partial charge in [0.1, 0.15) is 19.2 Å². The molecule has 0 aromatic carbocycles. The third-order valence-corrected chi connectivity index (χ3v) is 5.99. The summed E-state index contributed by atoms with van der Waals surface area (Å²) < 4.78 is 61.3. The second-order valence-electron chi connectivity index (χ2n) is 8.18. The number of nitrogens with one attached hydrogen (secondary N) is 1. The van der Waals surface area contributed by atoms with Crippen molar-refractivity contribution in [3.63, 3.8) is 0 Å². The number of nitrogens with zero attached hydrogens (tertiary/aromatic N) is 7. The Morgan fingerprint density at radius 3 is 2.76 bits per heavy atom. The molecule has 1 aliphatic heterocycles. The summed E-state index contributed by atoms with van der Waals surface area (Å²) in [7, 11) is 1.35. The molecule has 0 bridgehead atoms. The number of aromatic nitrogens is 6. The van der Waals surface area contributed by atoms with Gasteiger partial charge in [0.25, 0.3) is 11.7 Å². The maximum absolute atomic E-state index is 13.5. The van der Waals surface area contributed by atoms with Gasteiger partial charge in [0, 0.05) is 29.6 Å². The zero-order valence-electron chi connectivity index (χ0n) is 26.8. The van der Waals surface area contributed by atoms with E-state index in [0.29, 0.717) is 5.57 Å². The van der Waals surface area contributed by atoms with E-state index < -0.39 is 30.7 Å². The molecule has 0 spiro atoms. The Kier molecular flexibility index (Phi) is 4.37. The van der Waals surface area contributed by atoms with Crippen LogP contribution >= 0.6 is 0 Å². The SMILES string of the molecule is [2H]c1nc(C([N+]#[C-])=C2CCN(C(=O)C(=O)c3c[nH]c4c(-n5nc(C([2H])([2H])[2H])nc5[2H])ncc(OC)c34)CC2)c([2H])c([2H])c1C. The lowest BCUT2D eigenvalue weighted by atomic mass is 9.99. The van der Waals surface area contributed by atoms with E-state index >= 15 is 0 Å². The van der Waals surface area contributed by atoms with Gasteiger partial charge >= 0.3 is 0 Å². The fourth-order valence-electron chi connectivity index (χ4n) is 4.16. The highest BCUT2D eigenvalue weighted by Gasteiger charge is 2.30. The lowest BCUT2D eigenvalue weighted by Gasteiger charge is -2.28. The molecule has 1 fully saturated rings. The van der Waals surface area contributed by atoms with Crippen molar-refractivity contribution in [1.82, 2.24) is 34.6 Å². The van der Waals surface area contributed by atoms with E-state index in [1.807, 2.05) is 0 Å². The Morgan fingerprint density at radius 2 is 2.05 bits per heavy atom. The Hall–Kier alpha value is -4.85. The van der Waals surface area contributed by atoms with Crippen LogP contribution in [0.3, 0.4) is 0 Å². The second kappa shape index (κ2) is 9.66. The number of Topliss-reactive ketones (excluding diaryl/α,β-unsaturated/α-hetero) is 1. The van der Waals surface area contributed by atoms with Gasteiger partial charge < -0.3 is 14.6 Å². The van der Waals surface area contributed by atoms with Crippen molar-refractivity contribution in [3.8, 4) is 11.6 Å². The normalized spacial score (nSPS) is 16.5. The maximum atomic E-state index is 13.5. The number of rotatable bonds is 5. The average Bonchev–Trinajstić information content (AvgIpc) is 3.62. The van der Waals surface area contributed by atoms with Crippen LogP contribution in [0.5, 0.6) is 5.75 Å². The molecule has 5 heterocycles. The fraction of sp³-hybridized carbons (Fsp3) is 0.269. The number of amides is 1. The van der Waals surface area contributed by atoms with Gasteiger partial charge in [-0.1, -0.05) is 11.6 Å². The maximum Gasteiger partial charge on any atom is 0.295 e. The van der Waals surface area contributed by atoms with Crippen LogP contribution in [-0.2, 0) is 4.79 Å². The van der Waals surface area contributed by atoms with Gasteiger partial charge in [-0.2, -0.15) is 5.10 Å². The molecule has 1 saturated heterocycles. The highest BCUT2D eigenvalue weighted by atomic mass is 16.5. The standard InChI is InChI=1S/C26H24N8O3/c1-15-5-6-19(28-11-15)22(27-3)17-7-9-33(10-8-17)26(36)24(35)18-12-29-23-21(18)20(37-4)13-30-25(23)34-14-31-16(2)32-34/h5-6,11-14,29H,7-10H2,1-2,4H3/i2D3,5D,6D,11D,14D. The summed E-state index contributed by atoms with van der Waals surface area (Å²) in [5.74, 6) is -2.09. The molecular formula is C26H24N8O3. The van der Waals surface area contributed by atoms with Crippen LogP contribution in [0, 0.1) is 20.3 Å². The number of ether oxygens (including phenoxy) is 1. The van der Waals surface area contributed by atoms with Crippen LogP contribution in [0.25, 0.3) is 27.3 Å². The van der Waals surface area contributed by atoms with Gasteiger partial charge in [-0.3, -0.25) is 14.6 Å². The second-order valence-corrected chi connectivity index (χ2v) is 8.18. The smallest absolute Gasteiger partial charge is 0.295 e. The molecule has 0 unspecified atom stereocenters. The summed E-state index contributed by atoms with van der Waals surface area (Å²) in [5, 5.41) is 4.08. The number of carbonyl (C=O) groups is 2. The van der Waals surface area contributed by atoms with Gasteiger partial charge in [-0.05, 0) is 38.2 Å². The van der Waals surface area contributed by atoms with Crippen LogP contribution in [0.4, 0.5) is 0 Å². The number of hydrogen-bond donors (Lipinski definition) is 1. The van der Waals surface area contributed by atoms with Gasteiger partial charge in [-0.15, -0.1) is 0 Å². The lowest BCUT2D eigenvalue weighted by molar-refractivity contribution is -0.126. The van der Waals surface area contributed by atoms with Gasteiger partial charge in [-0.25, -0.2) is 19.5 Å². The summed E-state index contributed by atoms with van der Waals surface area (Å²) in [4.78, 5) is 46.6. The minimum atomic E-state index is -2.66. The average molecular weight is 504 g/mol. The van der Waals surface area contributed by atoms with Gasteiger partial charge in [0.15, 0.2) is 5.82 Å². The number of H-pyrrole nitrogens is 1. The first-order valence-corrected chi connectivity index (χ1v) is 11.1. The van der Waals surface area contributed by atoms with E-state index in [4.69, 9.17) is 20.9 Å². The molecular weight excluding hydrogens is 472 g/mol. The number of pyridine rings is 2. The number of aromatic amines is 1. The first-order valence-electron chi connectivity index (χ1n) is 14.6. The summed E-state index contributed by atoms with van der Waals surface area (Å²) in [6, 6.07) is -0.418. The molecule has 4 aromatic heterocycles. The predicted molar refractivity (Wildman–Crippen MR) is 135 cm³/mol. The summed E-state index contributed by atoms with van der Waals surface area (Å²) in [6.07, 6.45) is 2.32. The Labute approximate surface area is 222 Å². The third kappa shape index (κ3) is 4.33. The van der Waals surface area contributed by atoms with E-state index in [-0.39, 0.29) is 89.2 Å². The molecule has 5 rings (SSSR count). The first kappa shape index (κ1) is 16.8. The zero-order chi connectivity index (χ0) is 32.1. The molecule has 11 nitrogen and oxygen atoms in total. The van der Waals surface area contributed by atoms with Gasteiger partial charge in [0.2, 0.25) is 5.70 Å². The number of aryl methyl sites for hydroxylation is 1. The van der Waals surface area contributed by atoms with E-state index in [1.54, 1.807) is 0 Å². The Morgan fingerprint density at radius 1 is 1.24 bits per heavy atom. The molecule has 0 atom stereocenters. The molecule has 186 valence electrons. The highest BCUT2D eigenvalue weighted by Crippen LogP contribution is 2.32. The van der Waals surface area contributed by atoms with Crippen LogP contribution in [0.15, 0.2) is 42.5 Å². The van der Waals surface area contributed by atoms with Crippen molar-refractivity contribution in [3.05, 3.63) is 76.6 Å². The summed E-state index contributed by atoms with van der Waals surface area (Å²) >= 11 is 0. The number of fused-ring (bicyclic) bond motifs is 1. The highest BCUT2D eigenvalue weighted by molar-refractivity contribution is 6.45. The lowest BCUT2D eigenvalue weighted by Crippen LogP contribution is -2.40. The number of hydrogen-bond acceptors (Lipinski definition) is 7.